The summed E-state index contributed by atoms with van der Waals surface area (Å²) in [5, 5.41) is 3.29. The minimum absolute atomic E-state index is 0.0708. The van der Waals surface area contributed by atoms with Gasteiger partial charge in [-0.05, 0) is 49.6 Å². The summed E-state index contributed by atoms with van der Waals surface area (Å²) < 4.78 is 13.0. The predicted molar refractivity (Wildman–Crippen MR) is 131 cm³/mol. The lowest BCUT2D eigenvalue weighted by Gasteiger charge is -2.15. The summed E-state index contributed by atoms with van der Waals surface area (Å²) >= 11 is 6.59. The molecule has 1 amide bonds. The van der Waals surface area contributed by atoms with E-state index in [2.05, 4.69) is 5.32 Å². The average molecular weight is 483 g/mol. The Bertz CT molecular complexity index is 1310. The van der Waals surface area contributed by atoms with Crippen molar-refractivity contribution >= 4 is 51.7 Å². The third kappa shape index (κ3) is 4.33. The first-order valence-electron chi connectivity index (χ1n) is 10.7. The van der Waals surface area contributed by atoms with Gasteiger partial charge in [0, 0.05) is 19.3 Å². The van der Waals surface area contributed by atoms with Crippen LogP contribution in [-0.2, 0) is 16.1 Å². The first-order valence-corrected chi connectivity index (χ1v) is 11.9. The molecule has 2 aliphatic heterocycles. The molecule has 8 nitrogen and oxygen atoms in total. The fourth-order valence-corrected chi connectivity index (χ4v) is 5.15. The molecule has 5 rings (SSSR count). The lowest BCUT2D eigenvalue weighted by Crippen LogP contribution is -2.27. The van der Waals surface area contributed by atoms with E-state index in [9.17, 15) is 9.59 Å². The fourth-order valence-electron chi connectivity index (χ4n) is 3.92. The average Bonchev–Trinajstić information content (AvgIpc) is 3.55. The molecule has 5 heterocycles. The van der Waals surface area contributed by atoms with Crippen molar-refractivity contribution in [3.8, 4) is 0 Å². The highest BCUT2D eigenvalue weighted by molar-refractivity contribution is 8.26. The van der Waals surface area contributed by atoms with E-state index in [0.29, 0.717) is 38.6 Å². The summed E-state index contributed by atoms with van der Waals surface area (Å²) in [6, 6.07) is 7.26. The van der Waals surface area contributed by atoms with E-state index in [0.717, 1.165) is 25.0 Å². The molecule has 2 aliphatic rings. The number of carbonyl (C=O) groups excluding carboxylic acids is 1. The molecule has 0 bridgehead atoms. The van der Waals surface area contributed by atoms with Crippen LogP contribution in [0.1, 0.15) is 29.7 Å². The van der Waals surface area contributed by atoms with Crippen LogP contribution in [0.2, 0.25) is 0 Å². The van der Waals surface area contributed by atoms with Gasteiger partial charge in [0.15, 0.2) is 0 Å². The summed E-state index contributed by atoms with van der Waals surface area (Å²) in [5.74, 6) is 0.802. The molecular weight excluding hydrogens is 460 g/mol. The largest absolute Gasteiger partial charge is 0.467 e. The Kier molecular flexibility index (Phi) is 6.05. The molecule has 0 aliphatic carbocycles. The van der Waals surface area contributed by atoms with Gasteiger partial charge >= 0.3 is 0 Å². The van der Waals surface area contributed by atoms with Gasteiger partial charge in [0.25, 0.3) is 11.5 Å². The molecule has 0 radical (unpaired) electrons. The first kappa shape index (κ1) is 21.9. The van der Waals surface area contributed by atoms with Crippen LogP contribution < -0.4 is 10.9 Å². The maximum atomic E-state index is 13.4. The third-order valence-corrected chi connectivity index (χ3v) is 7.03. The minimum atomic E-state index is -0.264. The van der Waals surface area contributed by atoms with Crippen LogP contribution >= 0.6 is 24.0 Å². The number of carbonyl (C=O) groups is 1. The maximum absolute atomic E-state index is 13.4. The van der Waals surface area contributed by atoms with E-state index in [1.807, 2.05) is 13.0 Å². The van der Waals surface area contributed by atoms with Crippen molar-refractivity contribution in [2.24, 2.45) is 0 Å². The second-order valence-electron chi connectivity index (χ2n) is 7.93. The Morgan fingerprint density at radius 3 is 2.97 bits per heavy atom. The standard InChI is InChI=1S/C23H22N4O4S2/c1-14-5-2-8-26-20(14)25-19(24-12-15-6-3-9-30-15)17(21(26)28)11-18-22(29)27(23(32)33-18)13-16-7-4-10-31-16/h2,4-5,7-8,10-11,15,24H,3,6,9,12-13H2,1H3/b18-11+. The molecule has 0 spiro atoms. The molecule has 3 aromatic heterocycles. The van der Waals surface area contributed by atoms with E-state index in [-0.39, 0.29) is 24.1 Å². The number of hydrogen-bond donors (Lipinski definition) is 1. The normalized spacial score (nSPS) is 19.8. The molecule has 10 heteroatoms. The van der Waals surface area contributed by atoms with Crippen molar-refractivity contribution < 1.29 is 13.9 Å². The number of aromatic nitrogens is 2. The molecule has 1 N–H and O–H groups in total. The van der Waals surface area contributed by atoms with Crippen LogP contribution in [-0.4, -0.2) is 43.8 Å². The molecule has 1 unspecified atom stereocenters. The summed E-state index contributed by atoms with van der Waals surface area (Å²) in [5.41, 5.74) is 1.51. The van der Waals surface area contributed by atoms with Crippen molar-refractivity contribution in [1.82, 2.24) is 14.3 Å². The fraction of sp³-hybridized carbons (Fsp3) is 0.304. The Morgan fingerprint density at radius 1 is 1.33 bits per heavy atom. The lowest BCUT2D eigenvalue weighted by atomic mass is 10.2. The maximum Gasteiger partial charge on any atom is 0.267 e. The minimum Gasteiger partial charge on any atom is -0.467 e. The van der Waals surface area contributed by atoms with Crippen LogP contribution in [0.25, 0.3) is 11.7 Å². The van der Waals surface area contributed by atoms with E-state index >= 15 is 0 Å². The van der Waals surface area contributed by atoms with E-state index in [4.69, 9.17) is 26.4 Å². The van der Waals surface area contributed by atoms with Crippen molar-refractivity contribution in [2.75, 3.05) is 18.5 Å². The Morgan fingerprint density at radius 2 is 2.21 bits per heavy atom. The molecule has 2 fully saturated rings. The summed E-state index contributed by atoms with van der Waals surface area (Å²) in [4.78, 5) is 33.1. The molecule has 2 saturated heterocycles. The monoisotopic (exact) mass is 482 g/mol. The van der Waals surface area contributed by atoms with Crippen LogP contribution in [0.4, 0.5) is 5.82 Å². The first-order chi connectivity index (χ1) is 16.0. The van der Waals surface area contributed by atoms with Gasteiger partial charge in [-0.2, -0.15) is 0 Å². The molecule has 1 atom stereocenters. The number of amides is 1. The van der Waals surface area contributed by atoms with Gasteiger partial charge in [-0.1, -0.05) is 30.0 Å². The van der Waals surface area contributed by atoms with Crippen molar-refractivity contribution in [3.05, 3.63) is 68.9 Å². The zero-order chi connectivity index (χ0) is 22.9. The van der Waals surface area contributed by atoms with Gasteiger partial charge in [0.2, 0.25) is 0 Å². The quantitative estimate of drug-likeness (QED) is 0.421. The number of hydrogen-bond acceptors (Lipinski definition) is 8. The van der Waals surface area contributed by atoms with Crippen LogP contribution in [0.15, 0.2) is 50.8 Å². The van der Waals surface area contributed by atoms with Gasteiger partial charge in [0.05, 0.1) is 29.4 Å². The Hall–Kier alpha value is -2.95. The van der Waals surface area contributed by atoms with Gasteiger partial charge < -0.3 is 14.5 Å². The van der Waals surface area contributed by atoms with Gasteiger partial charge in [-0.25, -0.2) is 4.98 Å². The van der Waals surface area contributed by atoms with Crippen molar-refractivity contribution in [1.29, 1.82) is 0 Å². The molecule has 3 aromatic rings. The smallest absolute Gasteiger partial charge is 0.267 e. The van der Waals surface area contributed by atoms with Gasteiger partial charge in [0.1, 0.15) is 21.5 Å². The Balaban J connectivity index is 1.53. The van der Waals surface area contributed by atoms with Crippen LogP contribution in [0.5, 0.6) is 0 Å². The van der Waals surface area contributed by atoms with Crippen molar-refractivity contribution in [2.45, 2.75) is 32.4 Å². The van der Waals surface area contributed by atoms with Crippen LogP contribution in [0, 0.1) is 6.92 Å². The predicted octanol–water partition coefficient (Wildman–Crippen LogP) is 3.59. The van der Waals surface area contributed by atoms with E-state index in [1.54, 1.807) is 36.7 Å². The number of anilines is 1. The Labute approximate surface area is 199 Å². The summed E-state index contributed by atoms with van der Waals surface area (Å²) in [6.45, 7) is 3.43. The molecular formula is C23H22N4O4S2. The number of pyridine rings is 1. The van der Waals surface area contributed by atoms with Gasteiger partial charge in [-0.3, -0.25) is 18.9 Å². The second-order valence-corrected chi connectivity index (χ2v) is 9.60. The number of thioether (sulfide) groups is 1. The third-order valence-electron chi connectivity index (χ3n) is 5.65. The second kappa shape index (κ2) is 9.12. The number of ether oxygens (including phenoxy) is 1. The van der Waals surface area contributed by atoms with E-state index in [1.165, 1.54) is 21.1 Å². The van der Waals surface area contributed by atoms with Crippen LogP contribution in [0.3, 0.4) is 0 Å². The number of nitrogens with one attached hydrogen (secondary N) is 1. The van der Waals surface area contributed by atoms with Crippen molar-refractivity contribution in [3.63, 3.8) is 0 Å². The summed E-state index contributed by atoms with van der Waals surface area (Å²) in [7, 11) is 0. The highest BCUT2D eigenvalue weighted by Gasteiger charge is 2.33. The molecule has 0 aromatic carbocycles. The number of nitrogens with zero attached hydrogens (tertiary/aromatic N) is 3. The zero-order valence-electron chi connectivity index (χ0n) is 17.9. The number of rotatable bonds is 6. The summed E-state index contributed by atoms with van der Waals surface area (Å²) in [6.07, 6.45) is 6.87. The van der Waals surface area contributed by atoms with Gasteiger partial charge in [-0.15, -0.1) is 0 Å². The molecule has 33 heavy (non-hydrogen) atoms. The lowest BCUT2D eigenvalue weighted by molar-refractivity contribution is -0.122. The number of furan rings is 1. The highest BCUT2D eigenvalue weighted by atomic mass is 32.2. The van der Waals surface area contributed by atoms with E-state index < -0.39 is 0 Å². The number of thiocarbonyl (C=S) groups is 1. The SMILES string of the molecule is Cc1cccn2c(=O)c(/C=C3/SC(=S)N(Cc4ccco4)C3=O)c(NCC3CCCO3)nc12. The zero-order valence-corrected chi connectivity index (χ0v) is 19.6. The molecule has 0 saturated carbocycles. The molecule has 170 valence electrons. The topological polar surface area (TPSA) is 89.1 Å². The highest BCUT2D eigenvalue weighted by Crippen LogP contribution is 2.34. The number of aryl methyl sites for hydroxylation is 1. The number of fused-ring (bicyclic) bond motifs is 1.